The van der Waals surface area contributed by atoms with Crippen LogP contribution in [0.2, 0.25) is 0 Å². The first-order chi connectivity index (χ1) is 14.6. The zero-order chi connectivity index (χ0) is 21.1. The molecule has 5 nitrogen and oxygen atoms in total. The van der Waals surface area contributed by atoms with Crippen LogP contribution in [0.15, 0.2) is 54.9 Å². The van der Waals surface area contributed by atoms with E-state index in [0.29, 0.717) is 39.4 Å². The molecule has 0 bridgehead atoms. The van der Waals surface area contributed by atoms with Gasteiger partial charge in [0.2, 0.25) is 0 Å². The average molecular weight is 410 g/mol. The lowest BCUT2D eigenvalue weighted by Crippen LogP contribution is -2.07. The molecular weight excluding hydrogens is 393 g/mol. The summed E-state index contributed by atoms with van der Waals surface area (Å²) < 4.78 is 46.5. The summed E-state index contributed by atoms with van der Waals surface area (Å²) in [7, 11) is 1.46. The minimum absolute atomic E-state index is 0.0272. The van der Waals surface area contributed by atoms with Gasteiger partial charge >= 0.3 is 0 Å². The van der Waals surface area contributed by atoms with E-state index in [4.69, 9.17) is 4.74 Å². The van der Waals surface area contributed by atoms with Crippen LogP contribution >= 0.6 is 0 Å². The monoisotopic (exact) mass is 410 g/mol. The van der Waals surface area contributed by atoms with E-state index in [1.165, 1.54) is 19.2 Å². The Morgan fingerprint density at radius 1 is 1.03 bits per heavy atom. The average Bonchev–Trinajstić information content (AvgIpc) is 2.79. The molecule has 0 unspecified atom stereocenters. The van der Waals surface area contributed by atoms with Gasteiger partial charge in [-0.2, -0.15) is 0 Å². The van der Waals surface area contributed by atoms with Crippen LogP contribution in [-0.2, 0) is 0 Å². The Kier molecular flexibility index (Phi) is 5.47. The molecule has 2 aromatic carbocycles. The van der Waals surface area contributed by atoms with Crippen molar-refractivity contribution in [3.8, 4) is 28.3 Å². The molecule has 2 aromatic heterocycles. The second-order valence-electron chi connectivity index (χ2n) is 6.43. The molecule has 0 aliphatic rings. The van der Waals surface area contributed by atoms with E-state index < -0.39 is 18.3 Å². The predicted molar refractivity (Wildman–Crippen MR) is 109 cm³/mol. The van der Waals surface area contributed by atoms with Crippen LogP contribution in [0.1, 0.15) is 0 Å². The number of anilines is 1. The van der Waals surface area contributed by atoms with Crippen LogP contribution in [-0.4, -0.2) is 35.3 Å². The Balaban J connectivity index is 1.98. The van der Waals surface area contributed by atoms with Gasteiger partial charge in [0, 0.05) is 35.5 Å². The lowest BCUT2D eigenvalue weighted by molar-refractivity contribution is 0.419. The molecule has 0 radical (unpaired) electrons. The number of hydrogen-bond donors (Lipinski definition) is 1. The van der Waals surface area contributed by atoms with Gasteiger partial charge in [0.15, 0.2) is 17.5 Å². The normalized spacial score (nSPS) is 10.9. The summed E-state index contributed by atoms with van der Waals surface area (Å²) in [5.74, 6) is -0.842. The minimum Gasteiger partial charge on any atom is -0.494 e. The number of pyridine rings is 1. The highest BCUT2D eigenvalue weighted by Gasteiger charge is 2.18. The van der Waals surface area contributed by atoms with Gasteiger partial charge in [-0.15, -0.1) is 0 Å². The second-order valence-corrected chi connectivity index (χ2v) is 6.43. The summed E-state index contributed by atoms with van der Waals surface area (Å²) in [6.07, 6.45) is 3.25. The number of rotatable bonds is 6. The Bertz CT molecular complexity index is 1200. The summed E-state index contributed by atoms with van der Waals surface area (Å²) in [6.45, 7) is -0.581. The van der Waals surface area contributed by atoms with Crippen LogP contribution in [0.4, 0.5) is 19.0 Å². The highest BCUT2D eigenvalue weighted by Crippen LogP contribution is 2.36. The van der Waals surface area contributed by atoms with Gasteiger partial charge in [-0.3, -0.25) is 4.98 Å². The Morgan fingerprint density at radius 2 is 1.90 bits per heavy atom. The van der Waals surface area contributed by atoms with E-state index in [0.717, 1.165) is 6.07 Å². The van der Waals surface area contributed by atoms with Crippen LogP contribution in [0.25, 0.3) is 33.4 Å². The highest BCUT2D eigenvalue weighted by molar-refractivity contribution is 5.97. The first-order valence-electron chi connectivity index (χ1n) is 9.16. The van der Waals surface area contributed by atoms with Crippen LogP contribution in [0, 0.1) is 11.6 Å². The molecule has 0 spiro atoms. The van der Waals surface area contributed by atoms with Crippen molar-refractivity contribution in [3.63, 3.8) is 0 Å². The van der Waals surface area contributed by atoms with Crippen molar-refractivity contribution in [2.75, 3.05) is 25.6 Å². The molecule has 0 saturated carbocycles. The van der Waals surface area contributed by atoms with Gasteiger partial charge in [0.1, 0.15) is 23.8 Å². The van der Waals surface area contributed by atoms with Crippen molar-refractivity contribution in [1.82, 2.24) is 15.0 Å². The number of alkyl halides is 1. The number of halogens is 3. The number of ether oxygens (including phenoxy) is 1. The number of hydrogen-bond acceptors (Lipinski definition) is 5. The maximum atomic E-state index is 14.4. The molecule has 4 aromatic rings. The fraction of sp³-hybridized carbons (Fsp3) is 0.136. The van der Waals surface area contributed by atoms with Crippen molar-refractivity contribution in [2.24, 2.45) is 0 Å². The Labute approximate surface area is 170 Å². The van der Waals surface area contributed by atoms with Crippen LogP contribution in [0.5, 0.6) is 5.75 Å². The molecule has 2 heterocycles. The van der Waals surface area contributed by atoms with E-state index in [9.17, 15) is 13.2 Å². The number of aromatic nitrogens is 3. The molecule has 0 amide bonds. The number of benzene rings is 2. The summed E-state index contributed by atoms with van der Waals surface area (Å²) >= 11 is 0. The van der Waals surface area contributed by atoms with E-state index in [1.54, 1.807) is 36.7 Å². The van der Waals surface area contributed by atoms with Gasteiger partial charge in [0.25, 0.3) is 0 Å². The fourth-order valence-corrected chi connectivity index (χ4v) is 3.16. The van der Waals surface area contributed by atoms with E-state index in [-0.39, 0.29) is 12.1 Å². The third kappa shape index (κ3) is 3.63. The lowest BCUT2D eigenvalue weighted by atomic mass is 10.0. The zero-order valence-corrected chi connectivity index (χ0v) is 16.0. The lowest BCUT2D eigenvalue weighted by Gasteiger charge is -2.14. The molecule has 152 valence electrons. The van der Waals surface area contributed by atoms with Gasteiger partial charge in [-0.05, 0) is 35.9 Å². The summed E-state index contributed by atoms with van der Waals surface area (Å²) in [6, 6.07) is 10.7. The maximum absolute atomic E-state index is 14.4. The summed E-state index contributed by atoms with van der Waals surface area (Å²) in [5, 5.41) is 3.43. The largest absolute Gasteiger partial charge is 0.494 e. The van der Waals surface area contributed by atoms with Crippen LogP contribution in [0.3, 0.4) is 0 Å². The number of methoxy groups -OCH3 is 1. The molecule has 8 heteroatoms. The molecule has 1 N–H and O–H groups in total. The molecule has 0 aliphatic carbocycles. The highest BCUT2D eigenvalue weighted by atomic mass is 19.2. The molecule has 0 saturated heterocycles. The van der Waals surface area contributed by atoms with Gasteiger partial charge in [-0.25, -0.2) is 23.1 Å². The number of nitrogens with one attached hydrogen (secondary N) is 1. The Hall–Kier alpha value is -3.68. The maximum Gasteiger partial charge on any atom is 0.166 e. The zero-order valence-electron chi connectivity index (χ0n) is 16.0. The van der Waals surface area contributed by atoms with Crippen molar-refractivity contribution in [3.05, 3.63) is 66.5 Å². The molecular formula is C22H17F3N4O. The smallest absolute Gasteiger partial charge is 0.166 e. The second kappa shape index (κ2) is 8.36. The minimum atomic E-state index is -0.968. The first kappa shape index (κ1) is 19.6. The third-order valence-electron chi connectivity index (χ3n) is 4.55. The number of nitrogens with zero attached hydrogens (tertiary/aromatic N) is 3. The molecule has 0 atom stereocenters. The third-order valence-corrected chi connectivity index (χ3v) is 4.55. The number of fused-ring (bicyclic) bond motifs is 1. The fourth-order valence-electron chi connectivity index (χ4n) is 3.16. The quantitative estimate of drug-likeness (QED) is 0.483. The standard InChI is InChI=1S/C22H17F3N4O/c1-30-18-11-14(15-5-2-6-17(24)19(15)25)10-16-20(18)28-21(13-4-3-8-26-12-13)29-22(16)27-9-7-23/h2-6,8,10-12H,7,9H2,1H3,(H,27,28,29). The molecule has 4 rings (SSSR count). The SMILES string of the molecule is COc1cc(-c2cccc(F)c2F)cc2c(NCCF)nc(-c3cccnc3)nc12. The van der Waals surface area contributed by atoms with Crippen LogP contribution < -0.4 is 10.1 Å². The topological polar surface area (TPSA) is 59.9 Å². The van der Waals surface area contributed by atoms with E-state index in [2.05, 4.69) is 20.3 Å². The summed E-state index contributed by atoms with van der Waals surface area (Å²) in [5.41, 5.74) is 1.58. The molecule has 30 heavy (non-hydrogen) atoms. The van der Waals surface area contributed by atoms with Crippen molar-refractivity contribution in [2.45, 2.75) is 0 Å². The first-order valence-corrected chi connectivity index (χ1v) is 9.16. The van der Waals surface area contributed by atoms with Crippen molar-refractivity contribution >= 4 is 16.7 Å². The summed E-state index contributed by atoms with van der Waals surface area (Å²) in [4.78, 5) is 13.2. The predicted octanol–water partition coefficient (Wildman–Crippen LogP) is 5.03. The van der Waals surface area contributed by atoms with Gasteiger partial charge in [-0.1, -0.05) is 12.1 Å². The molecule has 0 aliphatic heterocycles. The van der Waals surface area contributed by atoms with Gasteiger partial charge in [0.05, 0.1) is 7.11 Å². The van der Waals surface area contributed by atoms with Crippen molar-refractivity contribution in [1.29, 1.82) is 0 Å². The van der Waals surface area contributed by atoms with E-state index >= 15 is 0 Å². The van der Waals surface area contributed by atoms with Crippen molar-refractivity contribution < 1.29 is 17.9 Å². The van der Waals surface area contributed by atoms with Gasteiger partial charge < -0.3 is 10.1 Å². The van der Waals surface area contributed by atoms with E-state index in [1.807, 2.05) is 0 Å². The Morgan fingerprint density at radius 3 is 2.63 bits per heavy atom. The molecule has 0 fully saturated rings.